The van der Waals surface area contributed by atoms with Gasteiger partial charge in [-0.05, 0) is 0 Å². The first-order chi connectivity index (χ1) is 12.7. The fraction of sp³-hybridized carbons (Fsp3) is 0.929. The van der Waals surface area contributed by atoms with E-state index in [2.05, 4.69) is 10.9 Å². The number of carbonyl (C=O) groups is 1. The molecule has 10 atom stereocenters. The van der Waals surface area contributed by atoms with Crippen LogP contribution in [0.4, 0.5) is 0 Å². The van der Waals surface area contributed by atoms with Gasteiger partial charge in [-0.3, -0.25) is 10.2 Å². The number of aliphatic hydroxyl groups excluding tert-OH is 7. The number of hydrazine groups is 1. The summed E-state index contributed by atoms with van der Waals surface area (Å²) < 4.78 is 15.8. The van der Waals surface area contributed by atoms with Crippen molar-refractivity contribution in [3.63, 3.8) is 0 Å². The van der Waals surface area contributed by atoms with Crippen LogP contribution in [0.15, 0.2) is 0 Å². The van der Waals surface area contributed by atoms with Crippen molar-refractivity contribution >= 4 is 5.91 Å². The molecule has 0 aromatic rings. The molecule has 0 radical (unpaired) electrons. The molecular formula is C14H26N2O11. The monoisotopic (exact) mass is 398 g/mol. The Morgan fingerprint density at radius 1 is 0.889 bits per heavy atom. The molecule has 1 amide bonds. The maximum absolute atomic E-state index is 10.9. The molecule has 9 N–H and O–H groups in total. The molecule has 0 spiro atoms. The van der Waals surface area contributed by atoms with Crippen LogP contribution in [-0.4, -0.2) is 116 Å². The van der Waals surface area contributed by atoms with Crippen molar-refractivity contribution in [3.8, 4) is 0 Å². The molecule has 2 fully saturated rings. The summed E-state index contributed by atoms with van der Waals surface area (Å²) in [5.41, 5.74) is 4.52. The molecule has 0 aromatic carbocycles. The third-order valence-electron chi connectivity index (χ3n) is 4.38. The first kappa shape index (κ1) is 22.3. The lowest BCUT2D eigenvalue weighted by Crippen LogP contribution is -2.65. The molecule has 0 aliphatic carbocycles. The Kier molecular flexibility index (Phi) is 7.84. The Balaban J connectivity index is 1.97. The number of hydrogen-bond donors (Lipinski definition) is 9. The Labute approximate surface area is 154 Å². The van der Waals surface area contributed by atoms with Crippen LogP contribution in [0, 0.1) is 0 Å². The molecule has 27 heavy (non-hydrogen) atoms. The highest BCUT2D eigenvalue weighted by Crippen LogP contribution is 2.24. The third-order valence-corrected chi connectivity index (χ3v) is 4.38. The SMILES string of the molecule is CC(=O)NN[C@@H]1O[C@H](CO[C@H]2O[C@H](CO)[C@@H](O)[C@H](O)[C@@H]2O)[C@@H](O)[C@H](O)[C@@H]1O. The van der Waals surface area contributed by atoms with Gasteiger partial charge in [0.2, 0.25) is 5.91 Å². The van der Waals surface area contributed by atoms with Crippen molar-refractivity contribution in [2.24, 2.45) is 0 Å². The van der Waals surface area contributed by atoms with Crippen LogP contribution in [0.3, 0.4) is 0 Å². The van der Waals surface area contributed by atoms with E-state index in [9.17, 15) is 35.4 Å². The van der Waals surface area contributed by atoms with Crippen molar-refractivity contribution in [2.45, 2.75) is 68.3 Å². The summed E-state index contributed by atoms with van der Waals surface area (Å²) in [6.45, 7) is 0.111. The van der Waals surface area contributed by atoms with Gasteiger partial charge in [-0.15, -0.1) is 0 Å². The average molecular weight is 398 g/mol. The highest BCUT2D eigenvalue weighted by atomic mass is 16.7. The van der Waals surface area contributed by atoms with E-state index in [0.717, 1.165) is 0 Å². The van der Waals surface area contributed by atoms with Gasteiger partial charge in [0.25, 0.3) is 0 Å². The van der Waals surface area contributed by atoms with Crippen LogP contribution < -0.4 is 10.9 Å². The average Bonchev–Trinajstić information content (AvgIpc) is 2.64. The van der Waals surface area contributed by atoms with Gasteiger partial charge < -0.3 is 50.0 Å². The zero-order valence-electron chi connectivity index (χ0n) is 14.5. The summed E-state index contributed by atoms with van der Waals surface area (Å²) in [6, 6.07) is 0. The molecule has 0 saturated carbocycles. The molecule has 0 aromatic heterocycles. The van der Waals surface area contributed by atoms with Gasteiger partial charge in [-0.25, -0.2) is 5.43 Å². The second kappa shape index (κ2) is 9.49. The number of carbonyl (C=O) groups excluding carboxylic acids is 1. The van der Waals surface area contributed by atoms with Crippen molar-refractivity contribution in [2.75, 3.05) is 13.2 Å². The van der Waals surface area contributed by atoms with Crippen LogP contribution in [0.1, 0.15) is 6.92 Å². The van der Waals surface area contributed by atoms with Crippen LogP contribution >= 0.6 is 0 Å². The van der Waals surface area contributed by atoms with E-state index < -0.39 is 80.5 Å². The highest BCUT2D eigenvalue weighted by Gasteiger charge is 2.47. The molecule has 2 aliphatic heterocycles. The van der Waals surface area contributed by atoms with Crippen molar-refractivity contribution in [1.29, 1.82) is 0 Å². The van der Waals surface area contributed by atoms with Crippen LogP contribution in [-0.2, 0) is 19.0 Å². The van der Waals surface area contributed by atoms with Gasteiger partial charge in [0.05, 0.1) is 13.2 Å². The van der Waals surface area contributed by atoms with E-state index in [1.807, 2.05) is 0 Å². The number of ether oxygens (including phenoxy) is 3. The molecule has 0 bridgehead atoms. The smallest absolute Gasteiger partial charge is 0.231 e. The van der Waals surface area contributed by atoms with E-state index in [4.69, 9.17) is 19.3 Å². The Bertz CT molecular complexity index is 496. The molecular weight excluding hydrogens is 372 g/mol. The van der Waals surface area contributed by atoms with Gasteiger partial charge in [0, 0.05) is 6.92 Å². The zero-order chi connectivity index (χ0) is 20.3. The maximum Gasteiger partial charge on any atom is 0.231 e. The minimum atomic E-state index is -1.65. The fourth-order valence-corrected chi connectivity index (χ4v) is 2.78. The maximum atomic E-state index is 10.9. The van der Waals surface area contributed by atoms with E-state index in [0.29, 0.717) is 0 Å². The minimum Gasteiger partial charge on any atom is -0.394 e. The first-order valence-electron chi connectivity index (χ1n) is 8.31. The fourth-order valence-electron chi connectivity index (χ4n) is 2.78. The normalized spacial score (nSPS) is 45.5. The van der Waals surface area contributed by atoms with Gasteiger partial charge in [-0.1, -0.05) is 0 Å². The molecule has 2 rings (SSSR count). The summed E-state index contributed by atoms with van der Waals surface area (Å²) in [4.78, 5) is 10.9. The summed E-state index contributed by atoms with van der Waals surface area (Å²) in [6.07, 6.45) is -14.7. The topological polar surface area (TPSA) is 210 Å². The van der Waals surface area contributed by atoms with Crippen LogP contribution in [0.2, 0.25) is 0 Å². The molecule has 0 unspecified atom stereocenters. The van der Waals surface area contributed by atoms with Gasteiger partial charge >= 0.3 is 0 Å². The predicted molar refractivity (Wildman–Crippen MR) is 83.4 cm³/mol. The molecule has 2 saturated heterocycles. The molecule has 13 nitrogen and oxygen atoms in total. The molecule has 2 heterocycles. The van der Waals surface area contributed by atoms with Gasteiger partial charge in [0.1, 0.15) is 48.8 Å². The Hall–Kier alpha value is -0.970. The summed E-state index contributed by atoms with van der Waals surface area (Å²) >= 11 is 0. The lowest BCUT2D eigenvalue weighted by Gasteiger charge is -2.42. The van der Waals surface area contributed by atoms with E-state index in [1.54, 1.807) is 0 Å². The minimum absolute atomic E-state index is 0.452. The second-order valence-corrected chi connectivity index (χ2v) is 6.42. The van der Waals surface area contributed by atoms with E-state index in [1.165, 1.54) is 6.92 Å². The van der Waals surface area contributed by atoms with E-state index in [-0.39, 0.29) is 0 Å². The third kappa shape index (κ3) is 5.10. The van der Waals surface area contributed by atoms with Crippen LogP contribution in [0.5, 0.6) is 0 Å². The van der Waals surface area contributed by atoms with Crippen molar-refractivity contribution in [1.82, 2.24) is 10.9 Å². The summed E-state index contributed by atoms with van der Waals surface area (Å²) in [5.74, 6) is -0.486. The Morgan fingerprint density at radius 3 is 2.07 bits per heavy atom. The predicted octanol–water partition coefficient (Wildman–Crippen LogP) is -5.75. The number of rotatable bonds is 6. The first-order valence-corrected chi connectivity index (χ1v) is 8.31. The van der Waals surface area contributed by atoms with Gasteiger partial charge in [0.15, 0.2) is 12.5 Å². The summed E-state index contributed by atoms with van der Waals surface area (Å²) in [5, 5.41) is 68.3. The summed E-state index contributed by atoms with van der Waals surface area (Å²) in [7, 11) is 0. The lowest BCUT2D eigenvalue weighted by molar-refractivity contribution is -0.315. The zero-order valence-corrected chi connectivity index (χ0v) is 14.5. The van der Waals surface area contributed by atoms with Crippen LogP contribution in [0.25, 0.3) is 0 Å². The van der Waals surface area contributed by atoms with E-state index >= 15 is 0 Å². The van der Waals surface area contributed by atoms with Crippen molar-refractivity contribution < 1.29 is 54.8 Å². The number of amides is 1. The Morgan fingerprint density at radius 2 is 1.48 bits per heavy atom. The standard InChI is InChI=1S/C14H26N2O11/c1-4(18)15-16-13-11(23)9(21)8(20)6(26-13)3-25-14-12(24)10(22)7(19)5(2-17)27-14/h5-14,16-17,19-24H,2-3H2,1H3,(H,15,18)/t5-,6-,7-,8-,9+,10+,11+,12+,13-,14+/m1/s1. The highest BCUT2D eigenvalue weighted by molar-refractivity contribution is 5.72. The molecule has 158 valence electrons. The molecule has 2 aliphatic rings. The largest absolute Gasteiger partial charge is 0.394 e. The van der Waals surface area contributed by atoms with Gasteiger partial charge in [-0.2, -0.15) is 0 Å². The second-order valence-electron chi connectivity index (χ2n) is 6.42. The number of nitrogens with one attached hydrogen (secondary N) is 2. The quantitative estimate of drug-likeness (QED) is 0.192. The number of aliphatic hydroxyl groups is 7. The number of hydrogen-bond acceptors (Lipinski definition) is 12. The van der Waals surface area contributed by atoms with Crippen molar-refractivity contribution in [3.05, 3.63) is 0 Å². The molecule has 13 heteroatoms. The lowest BCUT2D eigenvalue weighted by atomic mass is 9.98.